The third-order valence-electron chi connectivity index (χ3n) is 4.43. The van der Waals surface area contributed by atoms with E-state index in [0.717, 1.165) is 60.9 Å². The summed E-state index contributed by atoms with van der Waals surface area (Å²) in [5.74, 6) is 1.86. The Morgan fingerprint density at radius 3 is 0.844 bits per heavy atom. The molecule has 6 aromatic rings. The summed E-state index contributed by atoms with van der Waals surface area (Å²) >= 11 is 29.5. The van der Waals surface area contributed by atoms with Gasteiger partial charge < -0.3 is 0 Å². The van der Waals surface area contributed by atoms with E-state index in [1.54, 1.807) is 45.3 Å². The van der Waals surface area contributed by atoms with Crippen LogP contribution < -0.4 is 0 Å². The molecule has 0 radical (unpaired) electrons. The van der Waals surface area contributed by atoms with Gasteiger partial charge in [0.1, 0.15) is 20.0 Å². The molecular weight excluding hydrogens is 566 g/mol. The zero-order valence-electron chi connectivity index (χ0n) is 16.1. The number of halogens is 4. The van der Waals surface area contributed by atoms with Crippen LogP contribution in [0.1, 0.15) is 20.0 Å². The van der Waals surface area contributed by atoms with E-state index in [4.69, 9.17) is 46.4 Å². The Hall–Kier alpha value is -0.840. The number of hydrogen-bond acceptors (Lipinski definition) is 8. The van der Waals surface area contributed by atoms with Gasteiger partial charge >= 0.3 is 0 Å². The summed E-state index contributed by atoms with van der Waals surface area (Å²) in [7, 11) is 0. The topological polar surface area (TPSA) is 51.6 Å². The molecule has 32 heavy (non-hydrogen) atoms. The fourth-order valence-electron chi connectivity index (χ4n) is 3.12. The van der Waals surface area contributed by atoms with Gasteiger partial charge in [-0.05, 0) is 24.3 Å². The molecule has 164 valence electrons. The molecule has 0 saturated carbocycles. The molecule has 0 atom stereocenters. The molecular formula is C20H12Cl4N4S4. The summed E-state index contributed by atoms with van der Waals surface area (Å²) in [5.41, 5.74) is 3.99. The molecule has 0 amide bonds. The molecule has 0 N–H and O–H groups in total. The zero-order valence-corrected chi connectivity index (χ0v) is 22.4. The van der Waals surface area contributed by atoms with Crippen LogP contribution in [0.4, 0.5) is 0 Å². The third kappa shape index (κ3) is 4.57. The highest BCUT2D eigenvalue weighted by Crippen LogP contribution is 2.32. The Bertz CT molecular complexity index is 1230. The Balaban J connectivity index is 0.000000135. The predicted octanol–water partition coefficient (Wildman–Crippen LogP) is 8.77. The van der Waals surface area contributed by atoms with Crippen molar-refractivity contribution in [1.82, 2.24) is 19.9 Å². The van der Waals surface area contributed by atoms with Gasteiger partial charge in [-0.25, -0.2) is 19.9 Å². The Morgan fingerprint density at radius 1 is 0.438 bits per heavy atom. The smallest absolute Gasteiger partial charge is 0.109 e. The van der Waals surface area contributed by atoms with E-state index in [9.17, 15) is 0 Å². The van der Waals surface area contributed by atoms with Gasteiger partial charge in [0.25, 0.3) is 0 Å². The monoisotopic (exact) mass is 576 g/mol. The van der Waals surface area contributed by atoms with Gasteiger partial charge in [0.15, 0.2) is 0 Å². The van der Waals surface area contributed by atoms with E-state index in [2.05, 4.69) is 44.2 Å². The number of thiazole rings is 4. The van der Waals surface area contributed by atoms with Crippen molar-refractivity contribution in [2.24, 2.45) is 0 Å². The first kappa shape index (κ1) is 22.9. The maximum absolute atomic E-state index is 5.77. The molecule has 6 rings (SSSR count). The number of aromatic nitrogens is 4. The predicted molar refractivity (Wildman–Crippen MR) is 144 cm³/mol. The van der Waals surface area contributed by atoms with Crippen LogP contribution in [0.3, 0.4) is 0 Å². The van der Waals surface area contributed by atoms with E-state index in [1.165, 1.54) is 0 Å². The van der Waals surface area contributed by atoms with Gasteiger partial charge in [0, 0.05) is 0 Å². The van der Waals surface area contributed by atoms with Gasteiger partial charge in [-0.1, -0.05) is 0 Å². The third-order valence-corrected chi connectivity index (χ3v) is 10.1. The van der Waals surface area contributed by atoms with Crippen molar-refractivity contribution in [2.75, 3.05) is 0 Å². The molecule has 0 aliphatic heterocycles. The number of alkyl halides is 4. The second-order valence-corrected chi connectivity index (χ2v) is 12.1. The lowest BCUT2D eigenvalue weighted by Gasteiger charge is -1.86. The molecule has 0 aliphatic carbocycles. The SMILES string of the molecule is ClCc1nc2cc3sc(CCl)nc3cc2s1.ClCc1nc2cc3sc(CCl)nc3cc2s1. The lowest BCUT2D eigenvalue weighted by atomic mass is 10.3. The molecule has 12 heteroatoms. The van der Waals surface area contributed by atoms with Crippen LogP contribution in [0.15, 0.2) is 24.3 Å². The molecule has 0 aliphatic rings. The minimum atomic E-state index is 0.466. The summed E-state index contributed by atoms with van der Waals surface area (Å²) in [6.07, 6.45) is 0. The molecule has 0 bridgehead atoms. The quantitative estimate of drug-likeness (QED) is 0.196. The van der Waals surface area contributed by atoms with E-state index < -0.39 is 0 Å². The molecule has 0 saturated heterocycles. The standard InChI is InChI=1S/2C10H6Cl2N2S2/c2*11-3-9-13-5-1-7-6(2-8(5)16-9)14-10(4-12)15-7/h2*1-2H,3-4H2. The van der Waals surface area contributed by atoms with Gasteiger partial charge in [-0.15, -0.1) is 91.8 Å². The summed E-state index contributed by atoms with van der Waals surface area (Å²) in [4.78, 5) is 17.8. The molecule has 0 fully saturated rings. The van der Waals surface area contributed by atoms with Crippen molar-refractivity contribution < 1.29 is 0 Å². The highest BCUT2D eigenvalue weighted by atomic mass is 35.5. The van der Waals surface area contributed by atoms with Gasteiger partial charge in [-0.3, -0.25) is 0 Å². The fourth-order valence-corrected chi connectivity index (χ4v) is 7.34. The van der Waals surface area contributed by atoms with E-state index in [1.807, 2.05) is 0 Å². The maximum Gasteiger partial charge on any atom is 0.109 e. The number of benzene rings is 2. The number of fused-ring (bicyclic) bond motifs is 4. The lowest BCUT2D eigenvalue weighted by Crippen LogP contribution is -1.73. The van der Waals surface area contributed by atoms with Crippen molar-refractivity contribution in [1.29, 1.82) is 0 Å². The van der Waals surface area contributed by atoms with Crippen molar-refractivity contribution in [3.8, 4) is 0 Å². The number of hydrogen-bond donors (Lipinski definition) is 0. The van der Waals surface area contributed by atoms with Crippen molar-refractivity contribution in [3.05, 3.63) is 44.3 Å². The van der Waals surface area contributed by atoms with E-state index in [0.29, 0.717) is 23.5 Å². The van der Waals surface area contributed by atoms with Crippen LogP contribution in [0.25, 0.3) is 40.9 Å². The first-order valence-corrected chi connectivity index (χ1v) is 14.6. The van der Waals surface area contributed by atoms with Crippen LogP contribution >= 0.6 is 91.8 Å². The maximum atomic E-state index is 5.77. The summed E-state index contributed by atoms with van der Waals surface area (Å²) in [5, 5.41) is 3.80. The van der Waals surface area contributed by atoms with Crippen LogP contribution in [-0.4, -0.2) is 19.9 Å². The highest BCUT2D eigenvalue weighted by molar-refractivity contribution is 7.21. The Morgan fingerprint density at radius 2 is 0.656 bits per heavy atom. The summed E-state index contributed by atoms with van der Waals surface area (Å²) in [6.45, 7) is 0. The molecule has 4 heterocycles. The van der Waals surface area contributed by atoms with Gasteiger partial charge in [-0.2, -0.15) is 0 Å². The number of nitrogens with zero attached hydrogens (tertiary/aromatic N) is 4. The van der Waals surface area contributed by atoms with Crippen molar-refractivity contribution in [2.45, 2.75) is 23.5 Å². The molecule has 0 spiro atoms. The Kier molecular flexibility index (Phi) is 7.02. The minimum Gasteiger partial charge on any atom is -0.240 e. The zero-order chi connectivity index (χ0) is 22.2. The van der Waals surface area contributed by atoms with E-state index in [-0.39, 0.29) is 0 Å². The molecule has 2 aromatic carbocycles. The average molecular weight is 578 g/mol. The summed E-state index contributed by atoms with van der Waals surface area (Å²) < 4.78 is 4.54. The normalized spacial score (nSPS) is 11.6. The van der Waals surface area contributed by atoms with Crippen LogP contribution in [0.2, 0.25) is 0 Å². The highest BCUT2D eigenvalue weighted by Gasteiger charge is 2.09. The van der Waals surface area contributed by atoms with Crippen molar-refractivity contribution in [3.63, 3.8) is 0 Å². The molecule has 4 nitrogen and oxygen atoms in total. The molecule has 4 aromatic heterocycles. The molecule has 0 unspecified atom stereocenters. The van der Waals surface area contributed by atoms with Gasteiger partial charge in [0.05, 0.1) is 64.4 Å². The first-order valence-electron chi connectivity index (χ1n) is 9.21. The first-order chi connectivity index (χ1) is 15.6. The van der Waals surface area contributed by atoms with Crippen LogP contribution in [0, 0.1) is 0 Å². The lowest BCUT2D eigenvalue weighted by molar-refractivity contribution is 1.30. The van der Waals surface area contributed by atoms with Crippen LogP contribution in [0.5, 0.6) is 0 Å². The largest absolute Gasteiger partial charge is 0.240 e. The average Bonchev–Trinajstić information content (AvgIpc) is 3.58. The minimum absolute atomic E-state index is 0.466. The van der Waals surface area contributed by atoms with Crippen LogP contribution in [-0.2, 0) is 23.5 Å². The summed E-state index contributed by atoms with van der Waals surface area (Å²) in [6, 6.07) is 8.24. The Labute approximate surface area is 218 Å². The number of rotatable bonds is 4. The second kappa shape index (κ2) is 9.80. The van der Waals surface area contributed by atoms with Gasteiger partial charge in [0.2, 0.25) is 0 Å². The fraction of sp³-hybridized carbons (Fsp3) is 0.200. The van der Waals surface area contributed by atoms with E-state index >= 15 is 0 Å². The second-order valence-electron chi connectivity index (χ2n) is 6.54. The van der Waals surface area contributed by atoms with Crippen molar-refractivity contribution >= 4 is 133 Å².